The molecule has 1 rings (SSSR count). The number of hydrogen-bond acceptors (Lipinski definition) is 3. The summed E-state index contributed by atoms with van der Waals surface area (Å²) in [4.78, 5) is 0.264. The molecule has 1 aromatic carbocycles. The molecule has 96 valence electrons. The zero-order chi connectivity index (χ0) is 13.1. The second-order valence-electron chi connectivity index (χ2n) is 4.37. The molecule has 0 aromatic heterocycles. The first-order chi connectivity index (χ1) is 7.90. The molecule has 0 fully saturated rings. The van der Waals surface area contributed by atoms with E-state index in [2.05, 4.69) is 0 Å². The smallest absolute Gasteiger partial charge is 0.175 e. The minimum absolute atomic E-state index is 0.171. The van der Waals surface area contributed by atoms with Gasteiger partial charge in [0.05, 0.1) is 11.0 Å². The number of sulfone groups is 1. The predicted octanol–water partition coefficient (Wildman–Crippen LogP) is 2.56. The lowest BCUT2D eigenvalue weighted by Gasteiger charge is -2.20. The van der Waals surface area contributed by atoms with Crippen molar-refractivity contribution < 1.29 is 13.5 Å². The maximum atomic E-state index is 11.4. The summed E-state index contributed by atoms with van der Waals surface area (Å²) in [5, 5.41) is 10.2. The Hall–Kier alpha value is -0.870. The lowest BCUT2D eigenvalue weighted by Crippen LogP contribution is -2.11. The van der Waals surface area contributed by atoms with Crippen LogP contribution < -0.4 is 0 Å². The van der Waals surface area contributed by atoms with Gasteiger partial charge in [0.15, 0.2) is 9.84 Å². The molecule has 0 aliphatic heterocycles. The number of aliphatic hydroxyl groups excluding tert-OH is 1. The Morgan fingerprint density at radius 3 is 2.29 bits per heavy atom. The first kappa shape index (κ1) is 14.2. The van der Waals surface area contributed by atoms with Crippen LogP contribution in [0.2, 0.25) is 0 Å². The summed E-state index contributed by atoms with van der Waals surface area (Å²) in [7, 11) is -3.21. The molecule has 0 aliphatic rings. The molecule has 0 radical (unpaired) electrons. The third kappa shape index (κ3) is 3.54. The van der Waals surface area contributed by atoms with Crippen LogP contribution in [0.25, 0.3) is 0 Å². The fourth-order valence-electron chi connectivity index (χ4n) is 1.94. The SMILES string of the molecule is CCC(CC)C(O)c1cccc(S(C)(=O)=O)c1. The van der Waals surface area contributed by atoms with E-state index in [4.69, 9.17) is 0 Å². The van der Waals surface area contributed by atoms with E-state index in [-0.39, 0.29) is 10.8 Å². The van der Waals surface area contributed by atoms with Crippen LogP contribution in [0.4, 0.5) is 0 Å². The van der Waals surface area contributed by atoms with E-state index in [1.54, 1.807) is 24.3 Å². The first-order valence-corrected chi connectivity index (χ1v) is 7.77. The van der Waals surface area contributed by atoms with Gasteiger partial charge in [-0.15, -0.1) is 0 Å². The molecule has 1 N–H and O–H groups in total. The van der Waals surface area contributed by atoms with Gasteiger partial charge in [-0.05, 0) is 23.6 Å². The summed E-state index contributed by atoms with van der Waals surface area (Å²) in [6.07, 6.45) is 2.34. The average Bonchev–Trinajstić information content (AvgIpc) is 2.29. The highest BCUT2D eigenvalue weighted by atomic mass is 32.2. The predicted molar refractivity (Wildman–Crippen MR) is 68.6 cm³/mol. The first-order valence-electron chi connectivity index (χ1n) is 5.88. The molecule has 0 saturated carbocycles. The Bertz CT molecular complexity index is 461. The van der Waals surface area contributed by atoms with Gasteiger partial charge < -0.3 is 5.11 Å². The van der Waals surface area contributed by atoms with Gasteiger partial charge in [-0.2, -0.15) is 0 Å². The second kappa shape index (κ2) is 5.65. The van der Waals surface area contributed by atoms with Crippen molar-refractivity contribution in [2.75, 3.05) is 6.26 Å². The lowest BCUT2D eigenvalue weighted by atomic mass is 9.91. The third-order valence-corrected chi connectivity index (χ3v) is 4.23. The van der Waals surface area contributed by atoms with Crippen molar-refractivity contribution in [3.8, 4) is 0 Å². The summed E-state index contributed by atoms with van der Waals surface area (Å²) >= 11 is 0. The Labute approximate surface area is 103 Å². The van der Waals surface area contributed by atoms with E-state index in [1.165, 1.54) is 6.26 Å². The van der Waals surface area contributed by atoms with Crippen LogP contribution in [0.15, 0.2) is 29.2 Å². The van der Waals surface area contributed by atoms with Gasteiger partial charge in [0.1, 0.15) is 0 Å². The second-order valence-corrected chi connectivity index (χ2v) is 6.38. The van der Waals surface area contributed by atoms with Gasteiger partial charge in [0.2, 0.25) is 0 Å². The molecule has 0 bridgehead atoms. The van der Waals surface area contributed by atoms with E-state index in [0.717, 1.165) is 12.8 Å². The third-order valence-electron chi connectivity index (χ3n) is 3.12. The van der Waals surface area contributed by atoms with Crippen LogP contribution in [-0.4, -0.2) is 19.8 Å². The molecule has 0 spiro atoms. The van der Waals surface area contributed by atoms with Crippen molar-refractivity contribution in [3.63, 3.8) is 0 Å². The average molecular weight is 256 g/mol. The quantitative estimate of drug-likeness (QED) is 0.881. The molecule has 4 heteroatoms. The maximum absolute atomic E-state index is 11.4. The lowest BCUT2D eigenvalue weighted by molar-refractivity contribution is 0.103. The van der Waals surface area contributed by atoms with E-state index < -0.39 is 15.9 Å². The maximum Gasteiger partial charge on any atom is 0.175 e. The summed E-state index contributed by atoms with van der Waals surface area (Å²) in [5.74, 6) is 0.171. The zero-order valence-electron chi connectivity index (χ0n) is 10.6. The van der Waals surface area contributed by atoms with Crippen molar-refractivity contribution in [2.24, 2.45) is 5.92 Å². The van der Waals surface area contributed by atoms with Crippen LogP contribution >= 0.6 is 0 Å². The molecule has 17 heavy (non-hydrogen) atoms. The minimum atomic E-state index is -3.21. The molecule has 1 aromatic rings. The molecule has 0 aliphatic carbocycles. The van der Waals surface area contributed by atoms with E-state index in [0.29, 0.717) is 5.56 Å². The molecular formula is C13H20O3S. The largest absolute Gasteiger partial charge is 0.388 e. The minimum Gasteiger partial charge on any atom is -0.388 e. The van der Waals surface area contributed by atoms with Gasteiger partial charge in [-0.25, -0.2) is 8.42 Å². The standard InChI is InChI=1S/C13H20O3S/c1-4-10(5-2)13(14)11-7-6-8-12(9-11)17(3,15)16/h6-10,13-14H,4-5H2,1-3H3. The fourth-order valence-corrected chi connectivity index (χ4v) is 2.61. The molecule has 0 amide bonds. The van der Waals surface area contributed by atoms with Gasteiger partial charge in [0, 0.05) is 6.26 Å². The number of hydrogen-bond donors (Lipinski definition) is 1. The monoisotopic (exact) mass is 256 g/mol. The summed E-state index contributed by atoms with van der Waals surface area (Å²) < 4.78 is 22.9. The molecular weight excluding hydrogens is 236 g/mol. The van der Waals surface area contributed by atoms with Gasteiger partial charge >= 0.3 is 0 Å². The summed E-state index contributed by atoms with van der Waals surface area (Å²) in [6, 6.07) is 6.58. The van der Waals surface area contributed by atoms with E-state index in [9.17, 15) is 13.5 Å². The summed E-state index contributed by atoms with van der Waals surface area (Å²) in [6.45, 7) is 4.05. The van der Waals surface area contributed by atoms with Gasteiger partial charge in [-0.3, -0.25) is 0 Å². The number of benzene rings is 1. The number of rotatable bonds is 5. The molecule has 1 atom stereocenters. The van der Waals surface area contributed by atoms with Gasteiger partial charge in [0.25, 0.3) is 0 Å². The van der Waals surface area contributed by atoms with Crippen molar-refractivity contribution in [3.05, 3.63) is 29.8 Å². The summed E-state index contributed by atoms with van der Waals surface area (Å²) in [5.41, 5.74) is 0.682. The normalized spacial score (nSPS) is 13.9. The highest BCUT2D eigenvalue weighted by molar-refractivity contribution is 7.90. The zero-order valence-corrected chi connectivity index (χ0v) is 11.4. The molecule has 1 unspecified atom stereocenters. The van der Waals surface area contributed by atoms with E-state index >= 15 is 0 Å². The van der Waals surface area contributed by atoms with Crippen molar-refractivity contribution in [2.45, 2.75) is 37.7 Å². The van der Waals surface area contributed by atoms with Crippen molar-refractivity contribution in [1.29, 1.82) is 0 Å². The van der Waals surface area contributed by atoms with Crippen molar-refractivity contribution >= 4 is 9.84 Å². The van der Waals surface area contributed by atoms with Crippen LogP contribution in [0.5, 0.6) is 0 Å². The molecule has 3 nitrogen and oxygen atoms in total. The Balaban J connectivity index is 3.07. The topological polar surface area (TPSA) is 54.4 Å². The van der Waals surface area contributed by atoms with E-state index in [1.807, 2.05) is 13.8 Å². The van der Waals surface area contributed by atoms with Gasteiger partial charge in [-0.1, -0.05) is 38.8 Å². The highest BCUT2D eigenvalue weighted by Gasteiger charge is 2.18. The van der Waals surface area contributed by atoms with Crippen LogP contribution in [0.1, 0.15) is 38.4 Å². The van der Waals surface area contributed by atoms with Crippen molar-refractivity contribution in [1.82, 2.24) is 0 Å². The molecule has 0 saturated heterocycles. The van der Waals surface area contributed by atoms with Crippen LogP contribution in [0, 0.1) is 5.92 Å². The van der Waals surface area contributed by atoms with Crippen LogP contribution in [0.3, 0.4) is 0 Å². The fraction of sp³-hybridized carbons (Fsp3) is 0.538. The Kier molecular flexibility index (Phi) is 4.71. The Morgan fingerprint density at radius 1 is 1.24 bits per heavy atom. The Morgan fingerprint density at radius 2 is 1.82 bits per heavy atom. The molecule has 0 heterocycles. The van der Waals surface area contributed by atoms with Crippen LogP contribution in [-0.2, 0) is 9.84 Å². The number of aliphatic hydroxyl groups is 1. The highest BCUT2D eigenvalue weighted by Crippen LogP contribution is 2.28.